The molecule has 0 radical (unpaired) electrons. The second kappa shape index (κ2) is 8.12. The fraction of sp³-hybridized carbons (Fsp3) is 0.353. The molecule has 23 heavy (non-hydrogen) atoms. The number of anilines is 2. The summed E-state index contributed by atoms with van der Waals surface area (Å²) in [6, 6.07) is 11.5. The Morgan fingerprint density at radius 2 is 1.74 bits per heavy atom. The van der Waals surface area contributed by atoms with Gasteiger partial charge in [-0.25, -0.2) is 0 Å². The Kier molecular flexibility index (Phi) is 5.91. The van der Waals surface area contributed by atoms with Crippen LogP contribution in [0.5, 0.6) is 5.75 Å². The van der Waals surface area contributed by atoms with E-state index in [1.165, 1.54) is 5.56 Å². The van der Waals surface area contributed by atoms with Crippen LogP contribution < -0.4 is 15.4 Å². The van der Waals surface area contributed by atoms with Crippen LogP contribution in [0, 0.1) is 5.92 Å². The van der Waals surface area contributed by atoms with Crippen LogP contribution in [0.25, 0.3) is 0 Å². The van der Waals surface area contributed by atoms with Gasteiger partial charge in [0.25, 0.3) is 0 Å². The summed E-state index contributed by atoms with van der Waals surface area (Å²) in [6.45, 7) is 4.41. The predicted molar refractivity (Wildman–Crippen MR) is 90.7 cm³/mol. The number of carbonyl (C=O) groups is 1. The van der Waals surface area contributed by atoms with Crippen LogP contribution in [0.2, 0.25) is 0 Å². The van der Waals surface area contributed by atoms with Gasteiger partial charge in [0, 0.05) is 12.5 Å². The van der Waals surface area contributed by atoms with Crippen molar-refractivity contribution in [1.29, 1.82) is 0 Å². The third-order valence-corrected chi connectivity index (χ3v) is 3.32. The van der Waals surface area contributed by atoms with Gasteiger partial charge in [-0.15, -0.1) is 10.2 Å². The highest BCUT2D eigenvalue weighted by atomic mass is 16.5. The van der Waals surface area contributed by atoms with E-state index in [1.807, 2.05) is 38.1 Å². The Bertz CT molecular complexity index is 624. The highest BCUT2D eigenvalue weighted by Gasteiger charge is 2.08. The summed E-state index contributed by atoms with van der Waals surface area (Å²) in [6.07, 6.45) is 0.873. The molecule has 122 valence electrons. The van der Waals surface area contributed by atoms with Gasteiger partial charge in [0.2, 0.25) is 5.91 Å². The molecule has 0 atom stereocenters. The lowest BCUT2D eigenvalue weighted by atomic mass is 10.1. The van der Waals surface area contributed by atoms with Crippen LogP contribution in [-0.4, -0.2) is 29.8 Å². The van der Waals surface area contributed by atoms with Gasteiger partial charge >= 0.3 is 0 Å². The van der Waals surface area contributed by atoms with Gasteiger partial charge in [-0.3, -0.25) is 4.79 Å². The van der Waals surface area contributed by atoms with Gasteiger partial charge in [-0.2, -0.15) is 0 Å². The maximum atomic E-state index is 11.6. The van der Waals surface area contributed by atoms with Crippen LogP contribution in [0.4, 0.5) is 11.6 Å². The minimum absolute atomic E-state index is 0.0699. The van der Waals surface area contributed by atoms with E-state index in [0.717, 1.165) is 18.7 Å². The van der Waals surface area contributed by atoms with Crippen molar-refractivity contribution in [2.45, 2.75) is 20.3 Å². The third-order valence-electron chi connectivity index (χ3n) is 3.32. The molecule has 6 nitrogen and oxygen atoms in total. The van der Waals surface area contributed by atoms with Crippen molar-refractivity contribution < 1.29 is 9.53 Å². The molecule has 0 aliphatic carbocycles. The lowest BCUT2D eigenvalue weighted by molar-refractivity contribution is -0.118. The quantitative estimate of drug-likeness (QED) is 0.822. The summed E-state index contributed by atoms with van der Waals surface area (Å²) in [5, 5.41) is 14.0. The second-order valence-electron chi connectivity index (χ2n) is 5.47. The molecule has 1 aromatic heterocycles. The van der Waals surface area contributed by atoms with Crippen molar-refractivity contribution in [3.63, 3.8) is 0 Å². The average Bonchev–Trinajstić information content (AvgIpc) is 2.57. The zero-order chi connectivity index (χ0) is 16.7. The molecule has 0 saturated carbocycles. The highest BCUT2D eigenvalue weighted by molar-refractivity contribution is 5.91. The fourth-order valence-corrected chi connectivity index (χ4v) is 1.89. The number of carbonyl (C=O) groups excluding carboxylic acids is 1. The minimum Gasteiger partial charge on any atom is -0.497 e. The van der Waals surface area contributed by atoms with Crippen LogP contribution in [0.3, 0.4) is 0 Å². The van der Waals surface area contributed by atoms with Crippen molar-refractivity contribution in [2.24, 2.45) is 5.92 Å². The monoisotopic (exact) mass is 314 g/mol. The maximum Gasteiger partial charge on any atom is 0.228 e. The normalized spacial score (nSPS) is 10.4. The fourth-order valence-electron chi connectivity index (χ4n) is 1.89. The Labute approximate surface area is 136 Å². The second-order valence-corrected chi connectivity index (χ2v) is 5.47. The zero-order valence-corrected chi connectivity index (χ0v) is 13.7. The summed E-state index contributed by atoms with van der Waals surface area (Å²) in [4.78, 5) is 11.6. The van der Waals surface area contributed by atoms with Crippen LogP contribution in [0.1, 0.15) is 19.4 Å². The van der Waals surface area contributed by atoms with E-state index >= 15 is 0 Å². The van der Waals surface area contributed by atoms with Crippen LogP contribution >= 0.6 is 0 Å². The summed E-state index contributed by atoms with van der Waals surface area (Å²) in [7, 11) is 1.66. The van der Waals surface area contributed by atoms with Crippen molar-refractivity contribution in [1.82, 2.24) is 10.2 Å². The van der Waals surface area contributed by atoms with E-state index in [1.54, 1.807) is 19.2 Å². The lowest BCUT2D eigenvalue weighted by Gasteiger charge is -2.08. The summed E-state index contributed by atoms with van der Waals surface area (Å²) < 4.78 is 5.13. The molecule has 0 bridgehead atoms. The Hall–Kier alpha value is -2.63. The first kappa shape index (κ1) is 16.7. The van der Waals surface area contributed by atoms with Crippen molar-refractivity contribution in [3.05, 3.63) is 42.0 Å². The number of hydrogen-bond acceptors (Lipinski definition) is 5. The Balaban J connectivity index is 1.80. The zero-order valence-electron chi connectivity index (χ0n) is 13.7. The largest absolute Gasteiger partial charge is 0.497 e. The lowest BCUT2D eigenvalue weighted by Crippen LogP contribution is -2.19. The van der Waals surface area contributed by atoms with Crippen molar-refractivity contribution in [3.8, 4) is 5.75 Å². The van der Waals surface area contributed by atoms with Crippen LogP contribution in [0.15, 0.2) is 36.4 Å². The number of benzene rings is 1. The number of rotatable bonds is 7. The van der Waals surface area contributed by atoms with E-state index in [4.69, 9.17) is 4.74 Å². The van der Waals surface area contributed by atoms with Gasteiger partial charge in [0.05, 0.1) is 7.11 Å². The number of nitrogens with zero attached hydrogens (tertiary/aromatic N) is 2. The summed E-state index contributed by atoms with van der Waals surface area (Å²) >= 11 is 0. The highest BCUT2D eigenvalue weighted by Crippen LogP contribution is 2.12. The molecular formula is C17H22N4O2. The molecule has 1 amide bonds. The van der Waals surface area contributed by atoms with E-state index in [2.05, 4.69) is 20.8 Å². The summed E-state index contributed by atoms with van der Waals surface area (Å²) in [5.74, 6) is 1.84. The number of ether oxygens (including phenoxy) is 1. The molecule has 0 unspecified atom stereocenters. The molecule has 1 aromatic carbocycles. The topological polar surface area (TPSA) is 76.1 Å². The molecule has 1 heterocycles. The predicted octanol–water partition coefficient (Wildman–Crippen LogP) is 2.73. The average molecular weight is 314 g/mol. The van der Waals surface area contributed by atoms with Gasteiger partial charge in [-0.1, -0.05) is 26.0 Å². The van der Waals surface area contributed by atoms with Gasteiger partial charge in [0.1, 0.15) is 11.6 Å². The Morgan fingerprint density at radius 1 is 1.09 bits per heavy atom. The van der Waals surface area contributed by atoms with Gasteiger partial charge in [-0.05, 0) is 36.2 Å². The van der Waals surface area contributed by atoms with E-state index in [-0.39, 0.29) is 11.8 Å². The van der Waals surface area contributed by atoms with E-state index < -0.39 is 0 Å². The number of methoxy groups -OCH3 is 1. The molecule has 6 heteroatoms. The van der Waals surface area contributed by atoms with Crippen LogP contribution in [-0.2, 0) is 11.2 Å². The van der Waals surface area contributed by atoms with Gasteiger partial charge in [0.15, 0.2) is 5.82 Å². The molecule has 0 fully saturated rings. The molecule has 0 spiro atoms. The number of amides is 1. The molecule has 2 N–H and O–H groups in total. The molecule has 0 saturated heterocycles. The van der Waals surface area contributed by atoms with E-state index in [9.17, 15) is 4.79 Å². The first-order valence-corrected chi connectivity index (χ1v) is 7.60. The first-order valence-electron chi connectivity index (χ1n) is 7.60. The molecule has 0 aliphatic rings. The smallest absolute Gasteiger partial charge is 0.228 e. The number of aromatic nitrogens is 2. The van der Waals surface area contributed by atoms with Crippen molar-refractivity contribution in [2.75, 3.05) is 24.3 Å². The first-order chi connectivity index (χ1) is 11.1. The minimum atomic E-state index is -0.0842. The molecule has 2 rings (SSSR count). The molecule has 2 aromatic rings. The third kappa shape index (κ3) is 5.25. The standard InChI is InChI=1S/C17H22N4O2/c1-12(2)17(22)19-16-9-8-15(20-21-16)18-11-10-13-4-6-14(23-3)7-5-13/h4-9,12H,10-11H2,1-3H3,(H,18,20)(H,19,21,22). The molecular weight excluding hydrogens is 292 g/mol. The summed E-state index contributed by atoms with van der Waals surface area (Å²) in [5.41, 5.74) is 1.21. The molecule has 0 aliphatic heterocycles. The van der Waals surface area contributed by atoms with E-state index in [0.29, 0.717) is 11.6 Å². The SMILES string of the molecule is COc1ccc(CCNc2ccc(NC(=O)C(C)C)nn2)cc1. The van der Waals surface area contributed by atoms with Gasteiger partial charge < -0.3 is 15.4 Å². The maximum absolute atomic E-state index is 11.6. The number of hydrogen-bond donors (Lipinski definition) is 2. The Morgan fingerprint density at radius 3 is 2.30 bits per heavy atom. The number of nitrogens with one attached hydrogen (secondary N) is 2. The van der Waals surface area contributed by atoms with Crippen molar-refractivity contribution >= 4 is 17.5 Å².